The van der Waals surface area contributed by atoms with E-state index in [1.807, 2.05) is 0 Å². The van der Waals surface area contributed by atoms with Gasteiger partial charge >= 0.3 is 24.6 Å². The van der Waals surface area contributed by atoms with Crippen molar-refractivity contribution in [1.82, 2.24) is 5.32 Å². The summed E-state index contributed by atoms with van der Waals surface area (Å²) in [4.78, 5) is 42.0. The van der Waals surface area contributed by atoms with E-state index in [-0.39, 0.29) is 0 Å². The van der Waals surface area contributed by atoms with E-state index in [2.05, 4.69) is 24.3 Å². The minimum atomic E-state index is -1.89. The number of hydrogen-bond acceptors (Lipinski definition) is 9. The zero-order valence-corrected chi connectivity index (χ0v) is 9.86. The lowest BCUT2D eigenvalue weighted by molar-refractivity contribution is -0.0865. The van der Waals surface area contributed by atoms with Crippen molar-refractivity contribution in [3.05, 3.63) is 0 Å². The molecule has 0 saturated carbocycles. The van der Waals surface area contributed by atoms with Crippen molar-refractivity contribution in [3.63, 3.8) is 0 Å². The van der Waals surface area contributed by atoms with Gasteiger partial charge in [0.1, 0.15) is 0 Å². The van der Waals surface area contributed by atoms with Crippen molar-refractivity contribution in [2.24, 2.45) is 0 Å². The number of nitrogens with one attached hydrogen (secondary N) is 1. The molecule has 0 aromatic carbocycles. The summed E-state index contributed by atoms with van der Waals surface area (Å²) in [6.07, 6.45) is -14.6. The second kappa shape index (κ2) is 6.47. The van der Waals surface area contributed by atoms with E-state index in [0.717, 1.165) is 0 Å². The van der Waals surface area contributed by atoms with Crippen molar-refractivity contribution in [2.75, 3.05) is 0 Å². The van der Waals surface area contributed by atoms with E-state index in [9.17, 15) is 19.2 Å². The number of hydrogen-bond donors (Lipinski definition) is 5. The van der Waals surface area contributed by atoms with E-state index >= 15 is 0 Å². The standard InChI is InChI=1S/C8H9NO12/c10-5(11)18-1-2(19-6(12)13)4(21-8(16)17)9-3(1)20-7(14)15/h1-4,9H,(H,10,11)(H,12,13)(H,14,15)(H,16,17). The van der Waals surface area contributed by atoms with Gasteiger partial charge in [-0.3, -0.25) is 0 Å². The lowest BCUT2D eigenvalue weighted by Gasteiger charge is -2.21. The van der Waals surface area contributed by atoms with Crippen molar-refractivity contribution in [2.45, 2.75) is 24.7 Å². The van der Waals surface area contributed by atoms with Crippen LogP contribution in [0.1, 0.15) is 0 Å². The molecule has 0 radical (unpaired) electrons. The molecule has 1 saturated heterocycles. The minimum absolute atomic E-state index is 1.73. The maximum atomic E-state index is 10.5. The highest BCUT2D eigenvalue weighted by atomic mass is 16.7. The normalized spacial score (nSPS) is 27.4. The smallest absolute Gasteiger partial charge is 0.450 e. The van der Waals surface area contributed by atoms with Gasteiger partial charge in [0.25, 0.3) is 0 Å². The third-order valence-electron chi connectivity index (χ3n) is 2.18. The summed E-state index contributed by atoms with van der Waals surface area (Å²) in [5.41, 5.74) is 0. The predicted octanol–water partition coefficient (Wildman–Crippen LogP) is -0.243. The van der Waals surface area contributed by atoms with Crippen LogP contribution in [0.2, 0.25) is 0 Å². The molecule has 0 aliphatic carbocycles. The molecule has 1 aliphatic heterocycles. The first-order valence-corrected chi connectivity index (χ1v) is 5.05. The molecule has 1 heterocycles. The third kappa shape index (κ3) is 4.57. The van der Waals surface area contributed by atoms with Gasteiger partial charge in [0.05, 0.1) is 0 Å². The predicted molar refractivity (Wildman–Crippen MR) is 54.7 cm³/mol. The van der Waals surface area contributed by atoms with Gasteiger partial charge in [0.2, 0.25) is 12.5 Å². The number of carboxylic acid groups (broad SMARTS) is 4. The molecule has 0 aromatic rings. The van der Waals surface area contributed by atoms with E-state index in [0.29, 0.717) is 0 Å². The lowest BCUT2D eigenvalue weighted by atomic mass is 10.2. The highest BCUT2D eigenvalue weighted by molar-refractivity contribution is 5.60. The average molecular weight is 311 g/mol. The highest BCUT2D eigenvalue weighted by Crippen LogP contribution is 2.23. The Morgan fingerprint density at radius 1 is 0.619 bits per heavy atom. The second-order valence-corrected chi connectivity index (χ2v) is 3.47. The van der Waals surface area contributed by atoms with Crippen LogP contribution < -0.4 is 5.32 Å². The zero-order chi connectivity index (χ0) is 16.2. The fourth-order valence-electron chi connectivity index (χ4n) is 1.61. The summed E-state index contributed by atoms with van der Waals surface area (Å²) in [5, 5.41) is 36.1. The summed E-state index contributed by atoms with van der Waals surface area (Å²) >= 11 is 0. The molecule has 4 unspecified atom stereocenters. The van der Waals surface area contributed by atoms with Crippen molar-refractivity contribution >= 4 is 24.6 Å². The summed E-state index contributed by atoms with van der Waals surface area (Å²) in [7, 11) is 0. The Morgan fingerprint density at radius 2 is 0.905 bits per heavy atom. The molecule has 0 spiro atoms. The Labute approximate surface area is 114 Å². The summed E-state index contributed by atoms with van der Waals surface area (Å²) in [6, 6.07) is 0. The molecule has 1 rings (SSSR count). The van der Waals surface area contributed by atoms with Crippen LogP contribution in [0.5, 0.6) is 0 Å². The topological polar surface area (TPSA) is 198 Å². The van der Waals surface area contributed by atoms with Gasteiger partial charge in [-0.2, -0.15) is 0 Å². The molecule has 4 atom stereocenters. The van der Waals surface area contributed by atoms with Gasteiger partial charge in [0.15, 0.2) is 12.2 Å². The molecule has 5 N–H and O–H groups in total. The molecular formula is C8H9NO12. The van der Waals surface area contributed by atoms with E-state index < -0.39 is 49.3 Å². The van der Waals surface area contributed by atoms with E-state index in [1.165, 1.54) is 0 Å². The Hall–Kier alpha value is -2.96. The van der Waals surface area contributed by atoms with Gasteiger partial charge in [-0.25, -0.2) is 24.5 Å². The summed E-state index contributed by atoms with van der Waals surface area (Å²) < 4.78 is 16.9. The van der Waals surface area contributed by atoms with Crippen molar-refractivity contribution in [3.8, 4) is 0 Å². The lowest BCUT2D eigenvalue weighted by Crippen LogP contribution is -2.42. The van der Waals surface area contributed by atoms with Crippen LogP contribution in [0.4, 0.5) is 19.2 Å². The molecule has 0 aromatic heterocycles. The summed E-state index contributed by atoms with van der Waals surface area (Å²) in [5.74, 6) is 0. The van der Waals surface area contributed by atoms with Crippen molar-refractivity contribution in [1.29, 1.82) is 0 Å². The molecule has 13 nitrogen and oxygen atoms in total. The molecule has 1 fully saturated rings. The number of ether oxygens (including phenoxy) is 4. The van der Waals surface area contributed by atoms with Gasteiger partial charge in [-0.05, 0) is 0 Å². The van der Waals surface area contributed by atoms with E-state index in [1.54, 1.807) is 0 Å². The minimum Gasteiger partial charge on any atom is -0.450 e. The maximum Gasteiger partial charge on any atom is 0.507 e. The Morgan fingerprint density at radius 3 is 1.14 bits per heavy atom. The fraction of sp³-hybridized carbons (Fsp3) is 0.500. The highest BCUT2D eigenvalue weighted by Gasteiger charge is 2.52. The van der Waals surface area contributed by atoms with Crippen LogP contribution in [-0.2, 0) is 18.9 Å². The molecule has 21 heavy (non-hydrogen) atoms. The quantitative estimate of drug-likeness (QED) is 0.336. The van der Waals surface area contributed by atoms with Gasteiger partial charge in [-0.15, -0.1) is 0 Å². The summed E-state index contributed by atoms with van der Waals surface area (Å²) in [6.45, 7) is 0. The Bertz CT molecular complexity index is 409. The van der Waals surface area contributed by atoms with Gasteiger partial charge in [0, 0.05) is 0 Å². The van der Waals surface area contributed by atoms with Gasteiger partial charge in [-0.1, -0.05) is 0 Å². The first-order valence-electron chi connectivity index (χ1n) is 5.05. The second-order valence-electron chi connectivity index (χ2n) is 3.47. The van der Waals surface area contributed by atoms with Crippen LogP contribution in [0.25, 0.3) is 0 Å². The molecule has 1 aliphatic rings. The van der Waals surface area contributed by atoms with Crippen LogP contribution >= 0.6 is 0 Å². The largest absolute Gasteiger partial charge is 0.507 e. The third-order valence-corrected chi connectivity index (χ3v) is 2.18. The first-order chi connectivity index (χ1) is 9.70. The molecular weight excluding hydrogens is 302 g/mol. The molecule has 118 valence electrons. The average Bonchev–Trinajstić information content (AvgIpc) is 2.55. The van der Waals surface area contributed by atoms with Crippen LogP contribution in [-0.4, -0.2) is 69.7 Å². The molecule has 0 amide bonds. The van der Waals surface area contributed by atoms with Crippen LogP contribution in [0, 0.1) is 0 Å². The van der Waals surface area contributed by atoms with E-state index in [4.69, 9.17) is 20.4 Å². The van der Waals surface area contributed by atoms with Gasteiger partial charge < -0.3 is 39.4 Å². The van der Waals surface area contributed by atoms with Crippen LogP contribution in [0.3, 0.4) is 0 Å². The first kappa shape index (κ1) is 16.1. The number of carbonyl (C=O) groups is 4. The zero-order valence-electron chi connectivity index (χ0n) is 9.86. The molecule has 13 heteroatoms. The van der Waals surface area contributed by atoms with Crippen molar-refractivity contribution < 1.29 is 58.6 Å². The Balaban J connectivity index is 2.99. The molecule has 0 bridgehead atoms. The maximum absolute atomic E-state index is 10.5. The monoisotopic (exact) mass is 311 g/mol. The Kier molecular flexibility index (Phi) is 4.96. The number of rotatable bonds is 4. The SMILES string of the molecule is O=C(O)OC1NC(OC(=O)O)C(OC(=O)O)C1OC(=O)O. The van der Waals surface area contributed by atoms with Crippen LogP contribution in [0.15, 0.2) is 0 Å². The fourth-order valence-corrected chi connectivity index (χ4v) is 1.61.